The summed E-state index contributed by atoms with van der Waals surface area (Å²) >= 11 is 1.38. The second-order valence-corrected chi connectivity index (χ2v) is 8.46. The van der Waals surface area contributed by atoms with Crippen molar-refractivity contribution in [3.8, 4) is 0 Å². The highest BCUT2D eigenvalue weighted by Crippen LogP contribution is 2.17. The van der Waals surface area contributed by atoms with Crippen molar-refractivity contribution in [2.24, 2.45) is 0 Å². The minimum absolute atomic E-state index is 0.0882. The van der Waals surface area contributed by atoms with Gasteiger partial charge in [0.05, 0.1) is 5.75 Å². The molecule has 1 N–H and O–H groups in total. The molecule has 2 aromatic carbocycles. The predicted octanol–water partition coefficient (Wildman–Crippen LogP) is 4.83. The average Bonchev–Trinajstić information content (AvgIpc) is 2.78. The van der Waals surface area contributed by atoms with Gasteiger partial charge in [0.1, 0.15) is 11.9 Å². The van der Waals surface area contributed by atoms with Crippen LogP contribution in [0.4, 0.5) is 4.39 Å². The van der Waals surface area contributed by atoms with E-state index in [4.69, 9.17) is 0 Å². The number of carbonyl (C=O) groups is 2. The highest BCUT2D eigenvalue weighted by Gasteiger charge is 2.27. The Hall–Kier alpha value is -2.34. The number of benzene rings is 2. The third-order valence-electron chi connectivity index (χ3n) is 5.14. The minimum atomic E-state index is -0.498. The zero-order valence-electron chi connectivity index (χ0n) is 18.5. The van der Waals surface area contributed by atoms with E-state index in [0.717, 1.165) is 18.4 Å². The molecule has 0 aliphatic rings. The molecule has 1 atom stereocenters. The lowest BCUT2D eigenvalue weighted by molar-refractivity contribution is -0.138. The van der Waals surface area contributed by atoms with Gasteiger partial charge in [-0.1, -0.05) is 68.8 Å². The zero-order valence-corrected chi connectivity index (χ0v) is 19.3. The van der Waals surface area contributed by atoms with Gasteiger partial charge in [0.25, 0.3) is 0 Å². The smallest absolute Gasteiger partial charge is 0.242 e. The van der Waals surface area contributed by atoms with Gasteiger partial charge < -0.3 is 10.2 Å². The SMILES string of the molecule is CCCCNC(=O)[C@@H](CC)N(CCc1ccccc1)C(=O)CSCc1ccccc1F. The monoisotopic (exact) mass is 444 g/mol. The van der Waals surface area contributed by atoms with Crippen molar-refractivity contribution in [1.29, 1.82) is 0 Å². The molecule has 0 bridgehead atoms. The zero-order chi connectivity index (χ0) is 22.5. The molecular weight excluding hydrogens is 411 g/mol. The van der Waals surface area contributed by atoms with Crippen LogP contribution in [0.5, 0.6) is 0 Å². The first-order valence-corrected chi connectivity index (χ1v) is 12.1. The topological polar surface area (TPSA) is 49.4 Å². The predicted molar refractivity (Wildman–Crippen MR) is 126 cm³/mol. The van der Waals surface area contributed by atoms with E-state index >= 15 is 0 Å². The number of nitrogens with zero attached hydrogens (tertiary/aromatic N) is 1. The fourth-order valence-corrected chi connectivity index (χ4v) is 4.25. The maximum absolute atomic E-state index is 13.9. The highest BCUT2D eigenvalue weighted by atomic mass is 32.2. The maximum Gasteiger partial charge on any atom is 0.242 e. The molecule has 168 valence electrons. The summed E-state index contributed by atoms with van der Waals surface area (Å²) in [6, 6.07) is 16.1. The fourth-order valence-electron chi connectivity index (χ4n) is 3.35. The molecule has 0 saturated heterocycles. The van der Waals surface area contributed by atoms with Gasteiger partial charge in [-0.05, 0) is 36.5 Å². The number of hydrogen-bond donors (Lipinski definition) is 1. The van der Waals surface area contributed by atoms with Crippen LogP contribution in [0.1, 0.15) is 44.2 Å². The van der Waals surface area contributed by atoms with Gasteiger partial charge >= 0.3 is 0 Å². The Kier molecular flexibility index (Phi) is 11.1. The minimum Gasteiger partial charge on any atom is -0.354 e. The number of thioether (sulfide) groups is 1. The Labute approximate surface area is 189 Å². The van der Waals surface area contributed by atoms with Crippen LogP contribution >= 0.6 is 11.8 Å². The molecule has 0 aromatic heterocycles. The van der Waals surface area contributed by atoms with Gasteiger partial charge in [-0.3, -0.25) is 9.59 Å². The van der Waals surface area contributed by atoms with Crippen molar-refractivity contribution < 1.29 is 14.0 Å². The lowest BCUT2D eigenvalue weighted by atomic mass is 10.1. The van der Waals surface area contributed by atoms with Crippen molar-refractivity contribution in [3.05, 3.63) is 71.5 Å². The molecule has 0 aliphatic carbocycles. The van der Waals surface area contributed by atoms with Gasteiger partial charge in [0, 0.05) is 18.8 Å². The van der Waals surface area contributed by atoms with Gasteiger partial charge in [-0.15, -0.1) is 11.8 Å². The summed E-state index contributed by atoms with van der Waals surface area (Å²) in [5.41, 5.74) is 1.71. The Morgan fingerprint density at radius 1 is 1.06 bits per heavy atom. The fraction of sp³-hybridized carbons (Fsp3) is 0.440. The van der Waals surface area contributed by atoms with Gasteiger partial charge in [-0.2, -0.15) is 0 Å². The molecule has 0 saturated carbocycles. The van der Waals surface area contributed by atoms with Crippen LogP contribution in [0, 0.1) is 5.82 Å². The van der Waals surface area contributed by atoms with Gasteiger partial charge in [0.15, 0.2) is 0 Å². The summed E-state index contributed by atoms with van der Waals surface area (Å²) in [6.07, 6.45) is 3.15. The van der Waals surface area contributed by atoms with E-state index in [0.29, 0.717) is 37.2 Å². The van der Waals surface area contributed by atoms with Crippen LogP contribution < -0.4 is 5.32 Å². The molecule has 31 heavy (non-hydrogen) atoms. The van der Waals surface area contributed by atoms with E-state index in [1.807, 2.05) is 37.3 Å². The van der Waals surface area contributed by atoms with Gasteiger partial charge in [0.2, 0.25) is 11.8 Å². The first-order valence-electron chi connectivity index (χ1n) is 11.0. The van der Waals surface area contributed by atoms with E-state index in [1.54, 1.807) is 23.1 Å². The van der Waals surface area contributed by atoms with Crippen LogP contribution in [0.15, 0.2) is 54.6 Å². The molecule has 2 amide bonds. The summed E-state index contributed by atoms with van der Waals surface area (Å²) in [5, 5.41) is 2.97. The molecule has 4 nitrogen and oxygen atoms in total. The normalized spacial score (nSPS) is 11.7. The van der Waals surface area contributed by atoms with E-state index in [2.05, 4.69) is 12.2 Å². The number of carbonyl (C=O) groups excluding carboxylic acids is 2. The first-order chi connectivity index (χ1) is 15.1. The second-order valence-electron chi connectivity index (χ2n) is 7.48. The third kappa shape index (κ3) is 8.37. The van der Waals surface area contributed by atoms with Crippen molar-refractivity contribution in [2.45, 2.75) is 51.3 Å². The Morgan fingerprint density at radius 2 is 1.77 bits per heavy atom. The molecule has 0 aliphatic heterocycles. The standard InChI is InChI=1S/C25H33FN2O2S/c1-3-5-16-27-25(30)23(4-2)28(17-15-20-11-7-6-8-12-20)24(29)19-31-18-21-13-9-10-14-22(21)26/h6-14,23H,3-5,15-19H2,1-2H3,(H,27,30)/t23-/m1/s1. The molecule has 0 unspecified atom stereocenters. The van der Waals surface area contributed by atoms with E-state index < -0.39 is 6.04 Å². The van der Waals surface area contributed by atoms with E-state index in [9.17, 15) is 14.0 Å². The Morgan fingerprint density at radius 3 is 2.45 bits per heavy atom. The summed E-state index contributed by atoms with van der Waals surface area (Å²) in [6.45, 7) is 5.10. The lowest BCUT2D eigenvalue weighted by Crippen LogP contribution is -2.50. The summed E-state index contributed by atoms with van der Waals surface area (Å²) in [7, 11) is 0. The second kappa shape index (κ2) is 13.9. The van der Waals surface area contributed by atoms with Crippen LogP contribution in [0.3, 0.4) is 0 Å². The molecular formula is C25H33FN2O2S. The van der Waals surface area contributed by atoms with Crippen LogP contribution in [-0.4, -0.2) is 41.6 Å². The third-order valence-corrected chi connectivity index (χ3v) is 6.11. The van der Waals surface area contributed by atoms with Gasteiger partial charge in [-0.25, -0.2) is 4.39 Å². The average molecular weight is 445 g/mol. The van der Waals surface area contributed by atoms with Crippen LogP contribution in [0.25, 0.3) is 0 Å². The van der Waals surface area contributed by atoms with Crippen LogP contribution in [0.2, 0.25) is 0 Å². The molecule has 2 aromatic rings. The number of unbranched alkanes of at least 4 members (excludes halogenated alkanes) is 1. The number of rotatable bonds is 13. The number of nitrogens with one attached hydrogen (secondary N) is 1. The molecule has 0 radical (unpaired) electrons. The van der Waals surface area contributed by atoms with E-state index in [-0.39, 0.29) is 23.4 Å². The quantitative estimate of drug-likeness (QED) is 0.451. The highest BCUT2D eigenvalue weighted by molar-refractivity contribution is 7.99. The Balaban J connectivity index is 2.04. The van der Waals surface area contributed by atoms with Crippen LogP contribution in [-0.2, 0) is 21.8 Å². The molecule has 6 heteroatoms. The molecule has 2 rings (SSSR count). The first kappa shape index (κ1) is 24.9. The van der Waals surface area contributed by atoms with Crippen molar-refractivity contribution in [3.63, 3.8) is 0 Å². The summed E-state index contributed by atoms with van der Waals surface area (Å²) in [4.78, 5) is 27.6. The summed E-state index contributed by atoms with van der Waals surface area (Å²) < 4.78 is 13.9. The number of hydrogen-bond acceptors (Lipinski definition) is 3. The summed E-state index contributed by atoms with van der Waals surface area (Å²) in [5.74, 6) is 0.183. The number of halogens is 1. The largest absolute Gasteiger partial charge is 0.354 e. The van der Waals surface area contributed by atoms with Crippen molar-refractivity contribution in [2.75, 3.05) is 18.8 Å². The molecule has 0 spiro atoms. The number of amides is 2. The molecule has 0 fully saturated rings. The van der Waals surface area contributed by atoms with Crippen molar-refractivity contribution in [1.82, 2.24) is 10.2 Å². The Bertz CT molecular complexity index is 816. The van der Waals surface area contributed by atoms with E-state index in [1.165, 1.54) is 17.8 Å². The molecule has 0 heterocycles. The van der Waals surface area contributed by atoms with Crippen molar-refractivity contribution >= 4 is 23.6 Å². The maximum atomic E-state index is 13.9. The lowest BCUT2D eigenvalue weighted by Gasteiger charge is -2.30.